The Bertz CT molecular complexity index is 922. The zero-order valence-corrected chi connectivity index (χ0v) is 18.6. The van der Waals surface area contributed by atoms with Crippen LogP contribution < -0.4 is 9.47 Å². The van der Waals surface area contributed by atoms with E-state index >= 15 is 0 Å². The molecule has 0 N–H and O–H groups in total. The number of carbonyl (C=O) groups excluding carboxylic acids is 1. The van der Waals surface area contributed by atoms with Crippen LogP contribution >= 0.6 is 24.0 Å². The number of thiocarbonyl (C=S) groups is 1. The van der Waals surface area contributed by atoms with Crippen molar-refractivity contribution in [3.05, 3.63) is 64.1 Å². The molecule has 0 bridgehead atoms. The molecule has 1 amide bonds. The molecule has 6 heteroatoms. The van der Waals surface area contributed by atoms with Crippen molar-refractivity contribution in [3.63, 3.8) is 0 Å². The number of hydrogen-bond acceptors (Lipinski definition) is 5. The van der Waals surface area contributed by atoms with Crippen molar-refractivity contribution in [1.29, 1.82) is 0 Å². The first kappa shape index (κ1) is 21.4. The average Bonchev–Trinajstić information content (AvgIpc) is 2.98. The molecule has 2 aromatic carbocycles. The minimum atomic E-state index is -0.0217. The molecule has 0 aromatic heterocycles. The molecule has 0 aliphatic carbocycles. The van der Waals surface area contributed by atoms with Gasteiger partial charge in [0.05, 0.1) is 18.1 Å². The van der Waals surface area contributed by atoms with Crippen molar-refractivity contribution in [2.75, 3.05) is 19.8 Å². The minimum absolute atomic E-state index is 0.0217. The van der Waals surface area contributed by atoms with Crippen LogP contribution in [0, 0.1) is 13.8 Å². The summed E-state index contributed by atoms with van der Waals surface area (Å²) in [4.78, 5) is 14.5. The standard InChI is InChI=1S/C23H25NO3S2/c1-4-24-22(25)21(29-23(24)28)15-18-7-10-19(11-8-18)26-12-5-13-27-20-9-6-16(2)17(3)14-20/h6-11,14-15H,4-5,12-13H2,1-3H3/b21-15-. The van der Waals surface area contributed by atoms with Gasteiger partial charge in [-0.15, -0.1) is 0 Å². The second-order valence-corrected chi connectivity index (χ2v) is 8.47. The third-order valence-corrected chi connectivity index (χ3v) is 6.05. The van der Waals surface area contributed by atoms with Crippen molar-refractivity contribution < 1.29 is 14.3 Å². The number of rotatable bonds is 8. The summed E-state index contributed by atoms with van der Waals surface area (Å²) in [5, 5.41) is 0. The molecule has 2 aromatic rings. The van der Waals surface area contributed by atoms with Gasteiger partial charge in [-0.1, -0.05) is 42.2 Å². The fourth-order valence-corrected chi connectivity index (χ4v) is 4.21. The Kier molecular flexibility index (Phi) is 7.34. The van der Waals surface area contributed by atoms with Gasteiger partial charge in [-0.05, 0) is 67.8 Å². The highest BCUT2D eigenvalue weighted by Crippen LogP contribution is 2.32. The summed E-state index contributed by atoms with van der Waals surface area (Å²) in [5.74, 6) is 1.67. The fraction of sp³-hybridized carbons (Fsp3) is 0.304. The van der Waals surface area contributed by atoms with Gasteiger partial charge in [0, 0.05) is 13.0 Å². The number of ether oxygens (including phenoxy) is 2. The van der Waals surface area contributed by atoms with E-state index in [4.69, 9.17) is 21.7 Å². The molecule has 1 fully saturated rings. The number of amides is 1. The second kappa shape index (κ2) is 9.94. The average molecular weight is 428 g/mol. The van der Waals surface area contributed by atoms with Crippen LogP contribution in [0.3, 0.4) is 0 Å². The topological polar surface area (TPSA) is 38.8 Å². The third kappa shape index (κ3) is 5.61. The van der Waals surface area contributed by atoms with E-state index in [2.05, 4.69) is 26.0 Å². The first-order valence-electron chi connectivity index (χ1n) is 9.66. The van der Waals surface area contributed by atoms with Gasteiger partial charge in [-0.25, -0.2) is 0 Å². The van der Waals surface area contributed by atoms with Crippen LogP contribution in [0.1, 0.15) is 30.0 Å². The minimum Gasteiger partial charge on any atom is -0.493 e. The maximum Gasteiger partial charge on any atom is 0.266 e. The van der Waals surface area contributed by atoms with E-state index in [-0.39, 0.29) is 5.91 Å². The van der Waals surface area contributed by atoms with Gasteiger partial charge in [-0.3, -0.25) is 9.69 Å². The molecule has 1 heterocycles. The Morgan fingerprint density at radius 2 is 1.66 bits per heavy atom. The summed E-state index contributed by atoms with van der Waals surface area (Å²) in [6.45, 7) is 7.89. The van der Waals surface area contributed by atoms with E-state index in [9.17, 15) is 4.79 Å². The van der Waals surface area contributed by atoms with Crippen LogP contribution in [0.4, 0.5) is 0 Å². The molecular weight excluding hydrogens is 402 g/mol. The predicted molar refractivity (Wildman–Crippen MR) is 124 cm³/mol. The van der Waals surface area contributed by atoms with Crippen LogP contribution in [0.5, 0.6) is 11.5 Å². The summed E-state index contributed by atoms with van der Waals surface area (Å²) in [6, 6.07) is 13.8. The van der Waals surface area contributed by atoms with Crippen molar-refractivity contribution in [1.82, 2.24) is 4.90 Å². The Balaban J connectivity index is 1.45. The zero-order chi connectivity index (χ0) is 20.8. The Hall–Kier alpha value is -2.31. The van der Waals surface area contributed by atoms with E-state index in [1.807, 2.05) is 43.3 Å². The zero-order valence-electron chi connectivity index (χ0n) is 16.9. The quantitative estimate of drug-likeness (QED) is 0.322. The molecule has 0 spiro atoms. The number of nitrogens with zero attached hydrogens (tertiary/aromatic N) is 1. The van der Waals surface area contributed by atoms with Gasteiger partial charge in [0.2, 0.25) is 0 Å². The number of benzene rings is 2. The van der Waals surface area contributed by atoms with E-state index < -0.39 is 0 Å². The molecule has 0 unspecified atom stereocenters. The van der Waals surface area contributed by atoms with Crippen LogP contribution in [0.25, 0.3) is 6.08 Å². The molecule has 3 rings (SSSR count). The third-order valence-electron chi connectivity index (χ3n) is 4.67. The predicted octanol–water partition coefficient (Wildman–Crippen LogP) is 5.37. The molecule has 1 saturated heterocycles. The van der Waals surface area contributed by atoms with Crippen molar-refractivity contribution >= 4 is 40.3 Å². The second-order valence-electron chi connectivity index (χ2n) is 6.79. The Labute approximate surface area is 181 Å². The maximum atomic E-state index is 12.3. The highest BCUT2D eigenvalue weighted by atomic mass is 32.2. The van der Waals surface area contributed by atoms with Crippen LogP contribution in [-0.2, 0) is 4.79 Å². The first-order valence-corrected chi connectivity index (χ1v) is 10.9. The normalized spacial score (nSPS) is 15.3. The molecule has 1 aliphatic rings. The molecule has 0 saturated carbocycles. The molecule has 29 heavy (non-hydrogen) atoms. The van der Waals surface area contributed by atoms with E-state index in [1.165, 1.54) is 22.9 Å². The lowest BCUT2D eigenvalue weighted by atomic mass is 10.1. The maximum absolute atomic E-state index is 12.3. The summed E-state index contributed by atoms with van der Waals surface area (Å²) in [6.07, 6.45) is 2.67. The van der Waals surface area contributed by atoms with Crippen LogP contribution in [-0.4, -0.2) is 34.9 Å². The van der Waals surface area contributed by atoms with Crippen molar-refractivity contribution in [2.24, 2.45) is 0 Å². The molecule has 0 radical (unpaired) electrons. The molecule has 152 valence electrons. The summed E-state index contributed by atoms with van der Waals surface area (Å²) in [5.41, 5.74) is 3.45. The van der Waals surface area contributed by atoms with E-state index in [0.717, 1.165) is 23.5 Å². The number of likely N-dealkylation sites (N-methyl/N-ethyl adjacent to an activating group) is 1. The highest BCUT2D eigenvalue weighted by Gasteiger charge is 2.30. The number of thioether (sulfide) groups is 1. The lowest BCUT2D eigenvalue weighted by Gasteiger charge is -2.10. The van der Waals surface area contributed by atoms with Gasteiger partial charge < -0.3 is 9.47 Å². The fourth-order valence-electron chi connectivity index (χ4n) is 2.83. The van der Waals surface area contributed by atoms with Gasteiger partial charge in [-0.2, -0.15) is 0 Å². The van der Waals surface area contributed by atoms with Crippen LogP contribution in [0.15, 0.2) is 47.4 Å². The monoisotopic (exact) mass is 427 g/mol. The Morgan fingerprint density at radius 3 is 2.28 bits per heavy atom. The number of hydrogen-bond donors (Lipinski definition) is 0. The Morgan fingerprint density at radius 1 is 1.00 bits per heavy atom. The lowest BCUT2D eigenvalue weighted by Crippen LogP contribution is -2.27. The first-order chi connectivity index (χ1) is 14.0. The van der Waals surface area contributed by atoms with Gasteiger partial charge >= 0.3 is 0 Å². The van der Waals surface area contributed by atoms with Gasteiger partial charge in [0.15, 0.2) is 0 Å². The summed E-state index contributed by atoms with van der Waals surface area (Å²) >= 11 is 6.59. The smallest absolute Gasteiger partial charge is 0.266 e. The van der Waals surface area contributed by atoms with Gasteiger partial charge in [0.1, 0.15) is 15.8 Å². The van der Waals surface area contributed by atoms with Crippen molar-refractivity contribution in [3.8, 4) is 11.5 Å². The SMILES string of the molecule is CCN1C(=O)/C(=C/c2ccc(OCCCOc3ccc(C)c(C)c3)cc2)SC1=S. The number of carbonyl (C=O) groups is 1. The molecular formula is C23H25NO3S2. The van der Waals surface area contributed by atoms with E-state index in [1.54, 1.807) is 4.90 Å². The van der Waals surface area contributed by atoms with Gasteiger partial charge in [0.25, 0.3) is 5.91 Å². The van der Waals surface area contributed by atoms with Crippen LogP contribution in [0.2, 0.25) is 0 Å². The molecule has 0 atom stereocenters. The lowest BCUT2D eigenvalue weighted by molar-refractivity contribution is -0.121. The number of aryl methyl sites for hydroxylation is 2. The summed E-state index contributed by atoms with van der Waals surface area (Å²) in [7, 11) is 0. The largest absolute Gasteiger partial charge is 0.493 e. The summed E-state index contributed by atoms with van der Waals surface area (Å²) < 4.78 is 12.2. The molecule has 1 aliphatic heterocycles. The van der Waals surface area contributed by atoms with E-state index in [0.29, 0.717) is 29.0 Å². The molecule has 4 nitrogen and oxygen atoms in total. The highest BCUT2D eigenvalue weighted by molar-refractivity contribution is 8.26. The van der Waals surface area contributed by atoms with Crippen molar-refractivity contribution in [2.45, 2.75) is 27.2 Å².